The number of para-hydroxylation sites is 1. The van der Waals surface area contributed by atoms with Gasteiger partial charge in [0.1, 0.15) is 0 Å². The van der Waals surface area contributed by atoms with Crippen molar-refractivity contribution in [2.24, 2.45) is 0 Å². The standard InChI is InChI=1S/C23H19N/c1-16-13-17(2)15-19(14-16)20-8-4-5-9-21(20)23-12-11-18-7-3-6-10-22(18)24-23/h3-15H,1-2H3. The second kappa shape index (κ2) is 5.93. The molecule has 4 aromatic rings. The van der Waals surface area contributed by atoms with Gasteiger partial charge in [-0.05, 0) is 37.1 Å². The third-order valence-corrected chi connectivity index (χ3v) is 4.33. The number of fused-ring (bicyclic) bond motifs is 1. The molecule has 0 aliphatic rings. The molecule has 116 valence electrons. The predicted molar refractivity (Wildman–Crippen MR) is 102 cm³/mol. The van der Waals surface area contributed by atoms with Crippen molar-refractivity contribution in [1.29, 1.82) is 0 Å². The van der Waals surface area contributed by atoms with Crippen molar-refractivity contribution in [3.05, 3.63) is 90.0 Å². The number of rotatable bonds is 2. The molecule has 0 spiro atoms. The Bertz CT molecular complexity index is 1010. The van der Waals surface area contributed by atoms with Crippen molar-refractivity contribution in [2.45, 2.75) is 13.8 Å². The van der Waals surface area contributed by atoms with Crippen molar-refractivity contribution in [3.8, 4) is 22.4 Å². The predicted octanol–water partition coefficient (Wildman–Crippen LogP) is 6.19. The Morgan fingerprint density at radius 3 is 2.08 bits per heavy atom. The summed E-state index contributed by atoms with van der Waals surface area (Å²) < 4.78 is 0. The minimum atomic E-state index is 1.02. The Morgan fingerprint density at radius 1 is 0.625 bits per heavy atom. The van der Waals surface area contributed by atoms with Gasteiger partial charge in [0.05, 0.1) is 11.2 Å². The lowest BCUT2D eigenvalue weighted by Crippen LogP contribution is -1.90. The van der Waals surface area contributed by atoms with Gasteiger partial charge < -0.3 is 0 Å². The smallest absolute Gasteiger partial charge is 0.0715 e. The minimum Gasteiger partial charge on any atom is -0.248 e. The molecular weight excluding hydrogens is 290 g/mol. The number of hydrogen-bond donors (Lipinski definition) is 0. The second-order valence-electron chi connectivity index (χ2n) is 6.31. The molecule has 0 radical (unpaired) electrons. The first-order valence-electron chi connectivity index (χ1n) is 8.24. The molecule has 24 heavy (non-hydrogen) atoms. The van der Waals surface area contributed by atoms with E-state index in [1.165, 1.54) is 33.2 Å². The van der Waals surface area contributed by atoms with E-state index in [9.17, 15) is 0 Å². The summed E-state index contributed by atoms with van der Waals surface area (Å²) in [7, 11) is 0. The molecule has 0 unspecified atom stereocenters. The van der Waals surface area contributed by atoms with E-state index in [0.29, 0.717) is 0 Å². The number of hydrogen-bond acceptors (Lipinski definition) is 1. The van der Waals surface area contributed by atoms with Gasteiger partial charge in [-0.25, -0.2) is 4.98 Å². The molecule has 0 fully saturated rings. The van der Waals surface area contributed by atoms with Crippen LogP contribution in [0.2, 0.25) is 0 Å². The molecule has 0 amide bonds. The first kappa shape index (κ1) is 14.6. The lowest BCUT2D eigenvalue weighted by Gasteiger charge is -2.12. The first-order chi connectivity index (χ1) is 11.7. The van der Waals surface area contributed by atoms with Crippen LogP contribution in [-0.4, -0.2) is 4.98 Å². The molecule has 0 saturated heterocycles. The Balaban J connectivity index is 1.92. The Labute approximate surface area is 142 Å². The van der Waals surface area contributed by atoms with E-state index in [2.05, 4.69) is 80.6 Å². The maximum atomic E-state index is 4.88. The molecule has 0 N–H and O–H groups in total. The fraction of sp³-hybridized carbons (Fsp3) is 0.0870. The highest BCUT2D eigenvalue weighted by molar-refractivity contribution is 5.86. The highest BCUT2D eigenvalue weighted by Crippen LogP contribution is 2.32. The van der Waals surface area contributed by atoms with E-state index in [1.54, 1.807) is 0 Å². The van der Waals surface area contributed by atoms with Crippen LogP contribution in [0.1, 0.15) is 11.1 Å². The largest absolute Gasteiger partial charge is 0.248 e. The normalized spacial score (nSPS) is 10.9. The van der Waals surface area contributed by atoms with E-state index in [-0.39, 0.29) is 0 Å². The summed E-state index contributed by atoms with van der Waals surface area (Å²) in [6, 6.07) is 27.7. The van der Waals surface area contributed by atoms with Crippen LogP contribution in [0, 0.1) is 13.8 Å². The van der Waals surface area contributed by atoms with E-state index in [0.717, 1.165) is 11.2 Å². The fourth-order valence-electron chi connectivity index (χ4n) is 3.30. The summed E-state index contributed by atoms with van der Waals surface area (Å²) in [6.45, 7) is 4.29. The molecular formula is C23H19N. The van der Waals surface area contributed by atoms with Crippen LogP contribution >= 0.6 is 0 Å². The first-order valence-corrected chi connectivity index (χ1v) is 8.24. The SMILES string of the molecule is Cc1cc(C)cc(-c2ccccc2-c2ccc3ccccc3n2)c1. The molecule has 0 aliphatic heterocycles. The molecule has 1 heterocycles. The van der Waals surface area contributed by atoms with Crippen LogP contribution in [0.15, 0.2) is 78.9 Å². The van der Waals surface area contributed by atoms with Gasteiger partial charge >= 0.3 is 0 Å². The maximum absolute atomic E-state index is 4.88. The van der Waals surface area contributed by atoms with E-state index in [1.807, 2.05) is 12.1 Å². The average molecular weight is 309 g/mol. The molecule has 1 nitrogen and oxygen atoms in total. The van der Waals surface area contributed by atoms with Crippen LogP contribution < -0.4 is 0 Å². The quantitative estimate of drug-likeness (QED) is 0.430. The summed E-state index contributed by atoms with van der Waals surface area (Å²) in [6.07, 6.45) is 0. The monoisotopic (exact) mass is 309 g/mol. The average Bonchev–Trinajstić information content (AvgIpc) is 2.60. The van der Waals surface area contributed by atoms with E-state index < -0.39 is 0 Å². The zero-order valence-electron chi connectivity index (χ0n) is 14.0. The van der Waals surface area contributed by atoms with Crippen molar-refractivity contribution in [2.75, 3.05) is 0 Å². The van der Waals surface area contributed by atoms with Crippen molar-refractivity contribution >= 4 is 10.9 Å². The van der Waals surface area contributed by atoms with Crippen LogP contribution in [0.4, 0.5) is 0 Å². The molecule has 0 bridgehead atoms. The van der Waals surface area contributed by atoms with Crippen molar-refractivity contribution < 1.29 is 0 Å². The van der Waals surface area contributed by atoms with E-state index >= 15 is 0 Å². The van der Waals surface area contributed by atoms with Gasteiger partial charge in [0.2, 0.25) is 0 Å². The number of aromatic nitrogens is 1. The van der Waals surface area contributed by atoms with Gasteiger partial charge in [0.15, 0.2) is 0 Å². The zero-order valence-corrected chi connectivity index (χ0v) is 14.0. The van der Waals surface area contributed by atoms with Crippen LogP contribution in [0.3, 0.4) is 0 Å². The topological polar surface area (TPSA) is 12.9 Å². The van der Waals surface area contributed by atoms with Gasteiger partial charge in [0.25, 0.3) is 0 Å². The number of pyridine rings is 1. The molecule has 3 aromatic carbocycles. The number of nitrogens with zero attached hydrogens (tertiary/aromatic N) is 1. The molecule has 0 saturated carbocycles. The second-order valence-corrected chi connectivity index (χ2v) is 6.31. The lowest BCUT2D eigenvalue weighted by atomic mass is 9.94. The van der Waals surface area contributed by atoms with Crippen LogP contribution in [0.25, 0.3) is 33.3 Å². The minimum absolute atomic E-state index is 1.02. The maximum Gasteiger partial charge on any atom is 0.0715 e. The fourth-order valence-corrected chi connectivity index (χ4v) is 3.30. The van der Waals surface area contributed by atoms with Crippen LogP contribution in [0.5, 0.6) is 0 Å². The third-order valence-electron chi connectivity index (χ3n) is 4.33. The number of benzene rings is 3. The van der Waals surface area contributed by atoms with Crippen molar-refractivity contribution in [1.82, 2.24) is 4.98 Å². The van der Waals surface area contributed by atoms with Crippen molar-refractivity contribution in [3.63, 3.8) is 0 Å². The summed E-state index contributed by atoms with van der Waals surface area (Å²) in [5.41, 5.74) is 8.27. The molecule has 0 atom stereocenters. The Kier molecular flexibility index (Phi) is 3.62. The summed E-state index contributed by atoms with van der Waals surface area (Å²) >= 11 is 0. The molecule has 1 aromatic heterocycles. The highest BCUT2D eigenvalue weighted by Gasteiger charge is 2.09. The summed E-state index contributed by atoms with van der Waals surface area (Å²) in [5, 5.41) is 1.17. The van der Waals surface area contributed by atoms with Gasteiger partial charge in [-0.15, -0.1) is 0 Å². The molecule has 0 aliphatic carbocycles. The van der Waals surface area contributed by atoms with Gasteiger partial charge in [-0.3, -0.25) is 0 Å². The Hall–Kier alpha value is -2.93. The Morgan fingerprint density at radius 2 is 1.29 bits per heavy atom. The van der Waals surface area contributed by atoms with Gasteiger partial charge in [-0.2, -0.15) is 0 Å². The summed E-state index contributed by atoms with van der Waals surface area (Å²) in [4.78, 5) is 4.88. The van der Waals surface area contributed by atoms with Gasteiger partial charge in [0, 0.05) is 10.9 Å². The summed E-state index contributed by atoms with van der Waals surface area (Å²) in [5.74, 6) is 0. The zero-order chi connectivity index (χ0) is 16.5. The van der Waals surface area contributed by atoms with Crippen LogP contribution in [-0.2, 0) is 0 Å². The van der Waals surface area contributed by atoms with Gasteiger partial charge in [-0.1, -0.05) is 77.9 Å². The van der Waals surface area contributed by atoms with E-state index in [4.69, 9.17) is 4.98 Å². The molecule has 1 heteroatoms. The molecule has 4 rings (SSSR count). The third kappa shape index (κ3) is 2.69. The number of aryl methyl sites for hydroxylation is 2. The lowest BCUT2D eigenvalue weighted by molar-refractivity contribution is 1.37. The highest BCUT2D eigenvalue weighted by atomic mass is 14.7.